The van der Waals surface area contributed by atoms with E-state index in [1.807, 2.05) is 4.72 Å². The van der Waals surface area contributed by atoms with Crippen LogP contribution in [-0.4, -0.2) is 35.2 Å². The molecule has 128 valence electrons. The van der Waals surface area contributed by atoms with Crippen LogP contribution in [0.1, 0.15) is 12.5 Å². The first-order chi connectivity index (χ1) is 11.3. The van der Waals surface area contributed by atoms with Gasteiger partial charge in [0.2, 0.25) is 5.91 Å². The summed E-state index contributed by atoms with van der Waals surface area (Å²) in [5, 5.41) is 9.97. The molecule has 0 aliphatic heterocycles. The molecule has 0 bridgehead atoms. The van der Waals surface area contributed by atoms with Crippen LogP contribution in [0, 0.1) is 0 Å². The van der Waals surface area contributed by atoms with Crippen LogP contribution in [0.25, 0.3) is 0 Å². The normalized spacial score (nSPS) is 11.1. The Labute approximate surface area is 138 Å². The summed E-state index contributed by atoms with van der Waals surface area (Å²) in [7, 11) is -4.00. The molecule has 0 unspecified atom stereocenters. The van der Waals surface area contributed by atoms with Gasteiger partial charge < -0.3 is 11.1 Å². The molecule has 4 N–H and O–H groups in total. The Morgan fingerprint density at radius 2 is 1.92 bits per heavy atom. The average molecular weight is 352 g/mol. The number of carbonyl (C=O) groups excluding carboxylic acids is 2. The lowest BCUT2D eigenvalue weighted by Crippen LogP contribution is -2.34. The third kappa shape index (κ3) is 4.60. The molecule has 2 rings (SSSR count). The molecule has 1 aromatic carbocycles. The molecule has 24 heavy (non-hydrogen) atoms. The maximum absolute atomic E-state index is 12.1. The van der Waals surface area contributed by atoms with Gasteiger partial charge in [-0.05, 0) is 17.7 Å². The summed E-state index contributed by atoms with van der Waals surface area (Å²) in [6, 6.07) is 5.85. The second kappa shape index (κ2) is 7.19. The van der Waals surface area contributed by atoms with Crippen molar-refractivity contribution in [3.8, 4) is 0 Å². The Kier molecular flexibility index (Phi) is 5.26. The highest BCUT2D eigenvalue weighted by Crippen LogP contribution is 2.10. The van der Waals surface area contributed by atoms with Crippen molar-refractivity contribution in [2.45, 2.75) is 24.9 Å². The topological polar surface area (TPSA) is 149 Å². The highest BCUT2D eigenvalue weighted by Gasteiger charge is 2.18. The van der Waals surface area contributed by atoms with E-state index < -0.39 is 22.5 Å². The van der Waals surface area contributed by atoms with Gasteiger partial charge in [-0.25, -0.2) is 13.1 Å². The third-order valence-electron chi connectivity index (χ3n) is 2.84. The minimum Gasteiger partial charge on any atom is -0.326 e. The lowest BCUT2D eigenvalue weighted by Gasteiger charge is -2.07. The van der Waals surface area contributed by atoms with Gasteiger partial charge in [0.25, 0.3) is 15.9 Å². The molecule has 2 amide bonds. The summed E-state index contributed by atoms with van der Waals surface area (Å²) in [4.78, 5) is 23.6. The Morgan fingerprint density at radius 1 is 1.25 bits per heavy atom. The van der Waals surface area contributed by atoms with Crippen LogP contribution in [0.4, 0.5) is 5.82 Å². The predicted octanol–water partition coefficient (Wildman–Crippen LogP) is -0.800. The quantitative estimate of drug-likeness (QED) is 0.616. The van der Waals surface area contributed by atoms with Crippen molar-refractivity contribution < 1.29 is 18.0 Å². The Bertz CT molecular complexity index is 844. The van der Waals surface area contributed by atoms with Crippen LogP contribution in [-0.2, 0) is 32.7 Å². The predicted molar refractivity (Wildman–Crippen MR) is 84.0 cm³/mol. The molecule has 0 atom stereocenters. The zero-order valence-corrected chi connectivity index (χ0v) is 13.6. The van der Waals surface area contributed by atoms with Crippen LogP contribution < -0.4 is 15.8 Å². The van der Waals surface area contributed by atoms with Crippen LogP contribution >= 0.6 is 0 Å². The van der Waals surface area contributed by atoms with Crippen molar-refractivity contribution in [2.24, 2.45) is 5.73 Å². The molecule has 10 nitrogen and oxygen atoms in total. The van der Waals surface area contributed by atoms with E-state index in [1.165, 1.54) is 25.3 Å². The maximum Gasteiger partial charge on any atom is 0.264 e. The van der Waals surface area contributed by atoms with Crippen LogP contribution in [0.2, 0.25) is 0 Å². The number of nitrogens with zero attached hydrogens (tertiary/aromatic N) is 3. The third-order valence-corrected chi connectivity index (χ3v) is 4.23. The zero-order valence-electron chi connectivity index (χ0n) is 12.8. The fourth-order valence-electron chi connectivity index (χ4n) is 1.79. The van der Waals surface area contributed by atoms with E-state index in [1.54, 1.807) is 12.1 Å². The van der Waals surface area contributed by atoms with Gasteiger partial charge in [-0.15, -0.1) is 5.10 Å². The van der Waals surface area contributed by atoms with Crippen molar-refractivity contribution >= 4 is 27.7 Å². The molecular weight excluding hydrogens is 336 g/mol. The van der Waals surface area contributed by atoms with Crippen molar-refractivity contribution in [3.63, 3.8) is 0 Å². The summed E-state index contributed by atoms with van der Waals surface area (Å²) in [6.07, 6.45) is 1.24. The van der Waals surface area contributed by atoms with Gasteiger partial charge >= 0.3 is 0 Å². The molecular formula is C13H16N6O4S. The zero-order chi connectivity index (χ0) is 17.7. The minimum absolute atomic E-state index is 0.0552. The summed E-state index contributed by atoms with van der Waals surface area (Å²) in [5.74, 6) is -0.992. The average Bonchev–Trinajstić information content (AvgIpc) is 2.92. The molecule has 0 radical (unpaired) electrons. The standard InChI is InChI=1S/C13H16N6O4S/c1-9(20)16-12-7-15-19(17-12)8-13(21)18-24(22,23)11-4-2-10(6-14)3-5-11/h2-5,7H,6,8,14H2,1H3,(H,18,21)(H,16,17,20). The van der Waals surface area contributed by atoms with Crippen molar-refractivity contribution in [2.75, 3.05) is 5.32 Å². The number of sulfonamides is 1. The molecule has 0 aliphatic rings. The number of carbonyl (C=O) groups is 2. The summed E-state index contributed by atoms with van der Waals surface area (Å²) >= 11 is 0. The van der Waals surface area contributed by atoms with E-state index in [0.29, 0.717) is 0 Å². The molecule has 0 aliphatic carbocycles. The van der Waals surface area contributed by atoms with Crippen molar-refractivity contribution in [1.82, 2.24) is 19.7 Å². The molecule has 2 aromatic rings. The highest BCUT2D eigenvalue weighted by molar-refractivity contribution is 7.90. The lowest BCUT2D eigenvalue weighted by atomic mass is 10.2. The van der Waals surface area contributed by atoms with Gasteiger partial charge in [-0.1, -0.05) is 12.1 Å². The number of nitrogens with two attached hydrogens (primary N) is 1. The molecule has 0 saturated carbocycles. The van der Waals surface area contributed by atoms with Crippen LogP contribution in [0.15, 0.2) is 35.4 Å². The van der Waals surface area contributed by atoms with E-state index >= 15 is 0 Å². The van der Waals surface area contributed by atoms with E-state index in [-0.39, 0.29) is 23.2 Å². The summed E-state index contributed by atoms with van der Waals surface area (Å²) < 4.78 is 26.1. The lowest BCUT2D eigenvalue weighted by molar-refractivity contribution is -0.120. The fraction of sp³-hybridized carbons (Fsp3) is 0.231. The Hall–Kier alpha value is -2.79. The van der Waals surface area contributed by atoms with E-state index in [4.69, 9.17) is 5.73 Å². The second-order valence-corrected chi connectivity index (χ2v) is 6.50. The number of hydrogen-bond donors (Lipinski definition) is 3. The molecule has 1 aromatic heterocycles. The number of benzene rings is 1. The largest absolute Gasteiger partial charge is 0.326 e. The van der Waals surface area contributed by atoms with E-state index in [2.05, 4.69) is 15.5 Å². The number of amides is 2. The van der Waals surface area contributed by atoms with Gasteiger partial charge in [0.15, 0.2) is 5.82 Å². The maximum atomic E-state index is 12.1. The Morgan fingerprint density at radius 3 is 2.50 bits per heavy atom. The summed E-state index contributed by atoms with van der Waals surface area (Å²) in [5.41, 5.74) is 6.22. The van der Waals surface area contributed by atoms with Gasteiger partial charge in [0, 0.05) is 13.5 Å². The van der Waals surface area contributed by atoms with Crippen molar-refractivity contribution in [3.05, 3.63) is 36.0 Å². The molecule has 0 fully saturated rings. The monoisotopic (exact) mass is 352 g/mol. The highest BCUT2D eigenvalue weighted by atomic mass is 32.2. The number of hydrogen-bond acceptors (Lipinski definition) is 7. The smallest absolute Gasteiger partial charge is 0.264 e. The van der Waals surface area contributed by atoms with Gasteiger partial charge in [-0.2, -0.15) is 9.90 Å². The van der Waals surface area contributed by atoms with Gasteiger partial charge in [0.1, 0.15) is 6.54 Å². The number of nitrogens with one attached hydrogen (secondary N) is 2. The number of aromatic nitrogens is 3. The van der Waals surface area contributed by atoms with E-state index in [0.717, 1.165) is 10.4 Å². The Balaban J connectivity index is 2.02. The first-order valence-electron chi connectivity index (χ1n) is 6.82. The molecule has 1 heterocycles. The molecule has 0 spiro atoms. The fourth-order valence-corrected chi connectivity index (χ4v) is 2.76. The van der Waals surface area contributed by atoms with Crippen molar-refractivity contribution in [1.29, 1.82) is 0 Å². The second-order valence-electron chi connectivity index (χ2n) is 4.82. The first-order valence-corrected chi connectivity index (χ1v) is 8.31. The SMILES string of the molecule is CC(=O)Nc1cnn(CC(=O)NS(=O)(=O)c2ccc(CN)cc2)n1. The van der Waals surface area contributed by atoms with Crippen LogP contribution in [0.5, 0.6) is 0 Å². The number of anilines is 1. The summed E-state index contributed by atoms with van der Waals surface area (Å²) in [6.45, 7) is 1.17. The molecule has 0 saturated heterocycles. The van der Waals surface area contributed by atoms with Gasteiger partial charge in [0.05, 0.1) is 11.1 Å². The van der Waals surface area contributed by atoms with E-state index in [9.17, 15) is 18.0 Å². The number of rotatable bonds is 6. The van der Waals surface area contributed by atoms with Crippen LogP contribution in [0.3, 0.4) is 0 Å². The molecule has 11 heteroatoms. The minimum atomic E-state index is -4.00. The van der Waals surface area contributed by atoms with Gasteiger partial charge in [-0.3, -0.25) is 9.59 Å². The first kappa shape index (κ1) is 17.6.